The topological polar surface area (TPSA) is 59.1 Å². The zero-order chi connectivity index (χ0) is 21.0. The van der Waals surface area contributed by atoms with E-state index in [0.717, 1.165) is 10.7 Å². The van der Waals surface area contributed by atoms with Crippen LogP contribution in [0.4, 0.5) is 36.3 Å². The first-order valence-electron chi connectivity index (χ1n) is 8.71. The Labute approximate surface area is 174 Å². The van der Waals surface area contributed by atoms with Crippen molar-refractivity contribution in [1.82, 2.24) is 9.97 Å². The number of hydrogen-bond acceptors (Lipinski definition) is 5. The van der Waals surface area contributed by atoms with Crippen molar-refractivity contribution in [3.8, 4) is 5.75 Å². The highest BCUT2D eigenvalue weighted by molar-refractivity contribution is 9.10. The molecule has 3 rings (SSSR count). The van der Waals surface area contributed by atoms with Crippen LogP contribution in [0.5, 0.6) is 5.75 Å². The summed E-state index contributed by atoms with van der Waals surface area (Å²) in [6.45, 7) is 3.73. The van der Waals surface area contributed by atoms with Crippen molar-refractivity contribution in [2.75, 3.05) is 10.6 Å². The van der Waals surface area contributed by atoms with Gasteiger partial charge in [0.2, 0.25) is 5.95 Å². The molecule has 9 heteroatoms. The molecule has 1 aromatic heterocycles. The zero-order valence-corrected chi connectivity index (χ0v) is 17.2. The quantitative estimate of drug-likeness (QED) is 0.432. The molecule has 0 fully saturated rings. The van der Waals surface area contributed by atoms with Crippen LogP contribution in [-0.2, 0) is 6.18 Å². The number of ether oxygens (including phenoxy) is 1. The summed E-state index contributed by atoms with van der Waals surface area (Å²) in [5.74, 6) is 0.229. The third-order valence-electron chi connectivity index (χ3n) is 3.66. The lowest BCUT2D eigenvalue weighted by molar-refractivity contribution is -0.137. The van der Waals surface area contributed by atoms with E-state index in [1.54, 1.807) is 48.5 Å². The van der Waals surface area contributed by atoms with E-state index in [1.165, 1.54) is 0 Å². The number of halogens is 4. The summed E-state index contributed by atoms with van der Waals surface area (Å²) < 4.78 is 46.8. The number of benzene rings is 2. The fraction of sp³-hybridized carbons (Fsp3) is 0.200. The van der Waals surface area contributed by atoms with Crippen LogP contribution < -0.4 is 15.4 Å². The number of anilines is 4. The Morgan fingerprint density at radius 3 is 2.38 bits per heavy atom. The third-order valence-corrected chi connectivity index (χ3v) is 4.19. The molecule has 0 aliphatic carbocycles. The number of hydrogen-bond donors (Lipinski definition) is 2. The standard InChI is InChI=1S/C20H18BrF3N4O/c1-12(2)29-16-5-3-4-15(10-16)26-18-17(20(22,23)24)11-25-19(28-18)27-14-8-6-13(21)7-9-14/h3-12H,1-2H3,(H2,25,26,27,28). The van der Waals surface area contributed by atoms with Gasteiger partial charge in [0.15, 0.2) is 0 Å². The molecule has 152 valence electrons. The van der Waals surface area contributed by atoms with E-state index in [9.17, 15) is 13.2 Å². The van der Waals surface area contributed by atoms with Crippen molar-refractivity contribution >= 4 is 39.1 Å². The number of rotatable bonds is 6. The molecule has 3 aromatic rings. The van der Waals surface area contributed by atoms with E-state index in [-0.39, 0.29) is 17.9 Å². The van der Waals surface area contributed by atoms with Gasteiger partial charge in [0.1, 0.15) is 17.1 Å². The van der Waals surface area contributed by atoms with Crippen molar-refractivity contribution in [2.45, 2.75) is 26.1 Å². The van der Waals surface area contributed by atoms with Crippen LogP contribution in [0.3, 0.4) is 0 Å². The summed E-state index contributed by atoms with van der Waals surface area (Å²) in [5.41, 5.74) is 0.0993. The second-order valence-corrected chi connectivity index (χ2v) is 7.32. The van der Waals surface area contributed by atoms with Crippen LogP contribution in [-0.4, -0.2) is 16.1 Å². The number of alkyl halides is 3. The van der Waals surface area contributed by atoms with Gasteiger partial charge in [-0.05, 0) is 50.2 Å². The molecule has 2 N–H and O–H groups in total. The molecule has 2 aromatic carbocycles. The third kappa shape index (κ3) is 5.83. The Hall–Kier alpha value is -2.81. The minimum absolute atomic E-state index is 0.0393. The molecule has 0 spiro atoms. The van der Waals surface area contributed by atoms with E-state index in [0.29, 0.717) is 17.1 Å². The van der Waals surface area contributed by atoms with Gasteiger partial charge in [0.05, 0.1) is 6.10 Å². The van der Waals surface area contributed by atoms with E-state index in [2.05, 4.69) is 36.5 Å². The molecule has 0 radical (unpaired) electrons. The van der Waals surface area contributed by atoms with E-state index in [4.69, 9.17) is 4.74 Å². The van der Waals surface area contributed by atoms with Crippen LogP contribution in [0.2, 0.25) is 0 Å². The van der Waals surface area contributed by atoms with E-state index < -0.39 is 11.7 Å². The number of nitrogens with one attached hydrogen (secondary N) is 2. The molecule has 0 bridgehead atoms. The summed E-state index contributed by atoms with van der Waals surface area (Å²) in [7, 11) is 0. The molecule has 0 aliphatic rings. The maximum atomic E-state index is 13.4. The first-order chi connectivity index (χ1) is 13.7. The van der Waals surface area contributed by atoms with E-state index in [1.807, 2.05) is 13.8 Å². The minimum atomic E-state index is -4.61. The average Bonchev–Trinajstić information content (AvgIpc) is 2.62. The molecule has 0 atom stereocenters. The smallest absolute Gasteiger partial charge is 0.421 e. The van der Waals surface area contributed by atoms with Gasteiger partial charge in [-0.15, -0.1) is 0 Å². The lowest BCUT2D eigenvalue weighted by Crippen LogP contribution is -2.12. The van der Waals surface area contributed by atoms with E-state index >= 15 is 0 Å². The van der Waals surface area contributed by atoms with Crippen molar-refractivity contribution in [3.63, 3.8) is 0 Å². The van der Waals surface area contributed by atoms with Crippen LogP contribution in [0.25, 0.3) is 0 Å². The normalized spacial score (nSPS) is 11.4. The molecule has 0 aliphatic heterocycles. The zero-order valence-electron chi connectivity index (χ0n) is 15.6. The molecule has 1 heterocycles. The molecular weight excluding hydrogens is 449 g/mol. The van der Waals surface area contributed by atoms with Crippen molar-refractivity contribution in [1.29, 1.82) is 0 Å². The first kappa shape index (κ1) is 20.9. The van der Waals surface area contributed by atoms with Crippen molar-refractivity contribution < 1.29 is 17.9 Å². The molecule has 0 saturated heterocycles. The highest BCUT2D eigenvalue weighted by atomic mass is 79.9. The summed E-state index contributed by atoms with van der Waals surface area (Å²) >= 11 is 3.33. The SMILES string of the molecule is CC(C)Oc1cccc(Nc2nc(Nc3ccc(Br)cc3)ncc2C(F)(F)F)c1. The maximum absolute atomic E-state index is 13.4. The number of nitrogens with zero attached hydrogens (tertiary/aromatic N) is 2. The Morgan fingerprint density at radius 1 is 1.00 bits per heavy atom. The van der Waals surface area contributed by atoms with Crippen LogP contribution in [0.15, 0.2) is 59.2 Å². The van der Waals surface area contributed by atoms with Gasteiger partial charge < -0.3 is 15.4 Å². The molecular formula is C20H18BrF3N4O. The van der Waals surface area contributed by atoms with Gasteiger partial charge in [-0.2, -0.15) is 18.2 Å². The molecule has 0 amide bonds. The Morgan fingerprint density at radius 2 is 1.72 bits per heavy atom. The highest BCUT2D eigenvalue weighted by Crippen LogP contribution is 2.35. The fourth-order valence-corrected chi connectivity index (χ4v) is 2.73. The summed E-state index contributed by atoms with van der Waals surface area (Å²) in [4.78, 5) is 7.84. The highest BCUT2D eigenvalue weighted by Gasteiger charge is 2.35. The molecule has 29 heavy (non-hydrogen) atoms. The van der Waals surface area contributed by atoms with Gasteiger partial charge in [-0.1, -0.05) is 22.0 Å². The number of aromatic nitrogens is 2. The first-order valence-corrected chi connectivity index (χ1v) is 9.50. The van der Waals surface area contributed by atoms with Crippen LogP contribution in [0, 0.1) is 0 Å². The minimum Gasteiger partial charge on any atom is -0.491 e. The average molecular weight is 467 g/mol. The van der Waals surface area contributed by atoms with Crippen LogP contribution in [0.1, 0.15) is 19.4 Å². The second kappa shape index (κ2) is 8.69. The summed E-state index contributed by atoms with van der Waals surface area (Å²) in [6, 6.07) is 13.8. The predicted molar refractivity (Wildman–Crippen MR) is 110 cm³/mol. The lowest BCUT2D eigenvalue weighted by atomic mass is 10.2. The van der Waals surface area contributed by atoms with Crippen LogP contribution >= 0.6 is 15.9 Å². The van der Waals surface area contributed by atoms with Crippen molar-refractivity contribution in [2.24, 2.45) is 0 Å². The molecule has 0 saturated carbocycles. The largest absolute Gasteiger partial charge is 0.491 e. The molecule has 5 nitrogen and oxygen atoms in total. The van der Waals surface area contributed by atoms with Gasteiger partial charge in [0.25, 0.3) is 0 Å². The lowest BCUT2D eigenvalue weighted by Gasteiger charge is -2.16. The fourth-order valence-electron chi connectivity index (χ4n) is 2.46. The van der Waals surface area contributed by atoms with Gasteiger partial charge in [0, 0.05) is 28.1 Å². The Kier molecular flexibility index (Phi) is 6.26. The second-order valence-electron chi connectivity index (χ2n) is 6.40. The summed E-state index contributed by atoms with van der Waals surface area (Å²) in [5, 5.41) is 5.63. The summed E-state index contributed by atoms with van der Waals surface area (Å²) in [6.07, 6.45) is -3.91. The van der Waals surface area contributed by atoms with Gasteiger partial charge >= 0.3 is 6.18 Å². The maximum Gasteiger partial charge on any atom is 0.421 e. The van der Waals surface area contributed by atoms with Gasteiger partial charge in [-0.3, -0.25) is 0 Å². The monoisotopic (exact) mass is 466 g/mol. The molecule has 0 unspecified atom stereocenters. The van der Waals surface area contributed by atoms with Crippen molar-refractivity contribution in [3.05, 3.63) is 64.8 Å². The Bertz CT molecular complexity index is 978. The predicted octanol–water partition coefficient (Wildman–Crippen LogP) is 6.53. The van der Waals surface area contributed by atoms with Gasteiger partial charge in [-0.25, -0.2) is 4.98 Å². The Balaban J connectivity index is 1.91.